The van der Waals surface area contributed by atoms with Crippen molar-refractivity contribution in [1.29, 1.82) is 0 Å². The van der Waals surface area contributed by atoms with Crippen LogP contribution in [0.2, 0.25) is 10.6 Å². The van der Waals surface area contributed by atoms with Crippen molar-refractivity contribution in [2.24, 2.45) is 14.1 Å². The van der Waals surface area contributed by atoms with E-state index in [1.165, 1.54) is 106 Å². The Morgan fingerprint density at radius 3 is 1.14 bits per heavy atom. The summed E-state index contributed by atoms with van der Waals surface area (Å²) in [6.45, 7) is 1.17. The molecule has 564 valence electrons. The Morgan fingerprint density at radius 1 is 0.387 bits per heavy atom. The van der Waals surface area contributed by atoms with Gasteiger partial charge in [-0.1, -0.05) is 72.8 Å². The molecule has 0 spiro atoms. The van der Waals surface area contributed by atoms with Gasteiger partial charge >= 0.3 is 0 Å². The van der Waals surface area contributed by atoms with Crippen molar-refractivity contribution in [3.63, 3.8) is 0 Å². The number of aryl methyl sites for hydroxylation is 3. The quantitative estimate of drug-likeness (QED) is 0.0171. The maximum atomic E-state index is 14.8. The zero-order valence-electron chi connectivity index (χ0n) is 56.4. The number of fused-ring (bicyclic) bond motifs is 4. The van der Waals surface area contributed by atoms with Gasteiger partial charge in [0.05, 0.1) is 71.5 Å². The summed E-state index contributed by atoms with van der Waals surface area (Å²) >= 11 is 12.7. The molecule has 0 saturated heterocycles. The Kier molecular flexibility index (Phi) is 18.9. The van der Waals surface area contributed by atoms with E-state index in [0.717, 1.165) is 51.6 Å². The fraction of sp³-hybridized carbons (Fsp3) is 0.0725. The highest BCUT2D eigenvalue weighted by Crippen LogP contribution is 2.48. The Labute approximate surface area is 635 Å². The van der Waals surface area contributed by atoms with E-state index in [-0.39, 0.29) is 131 Å². The average Bonchev–Trinajstić information content (AvgIpc) is 0.710. The Balaban J connectivity index is 0.737. The van der Waals surface area contributed by atoms with E-state index >= 15 is 0 Å². The van der Waals surface area contributed by atoms with Crippen LogP contribution in [0.5, 0.6) is 0 Å². The summed E-state index contributed by atoms with van der Waals surface area (Å²) < 4.78 is 181. The molecule has 12 aromatic rings. The summed E-state index contributed by atoms with van der Waals surface area (Å²) in [5, 5.41) is 15.9. The summed E-state index contributed by atoms with van der Waals surface area (Å²) in [5.41, 5.74) is -4.86. The minimum absolute atomic E-state index is 0.0341. The third-order valence-corrected chi connectivity index (χ3v) is 22.6. The molecule has 0 saturated carbocycles. The molecule has 0 bridgehead atoms. The number of carbonyl (C=O) groups is 4. The molecule has 2 aliphatic rings. The number of hydrogen-bond donors (Lipinski definition) is 11. The fourth-order valence-corrected chi connectivity index (χ4v) is 16.5. The lowest BCUT2D eigenvalue weighted by Crippen LogP contribution is -2.29. The first kappa shape index (κ1) is 75.6. The van der Waals surface area contributed by atoms with Gasteiger partial charge < -0.3 is 41.0 Å². The molecule has 35 nitrogen and oxygen atoms in total. The normalized spacial score (nSPS) is 12.7. The van der Waals surface area contributed by atoms with Crippen LogP contribution >= 0.6 is 23.2 Å². The Hall–Kier alpha value is -12.2. The molecule has 4 heterocycles. The number of anilines is 10. The highest BCUT2D eigenvalue weighted by atomic mass is 35.5. The van der Waals surface area contributed by atoms with Gasteiger partial charge in [-0.2, -0.15) is 72.0 Å². The van der Waals surface area contributed by atoms with E-state index < -0.39 is 154 Å². The molecule has 2 aliphatic carbocycles. The molecule has 0 unspecified atom stereocenters. The first-order valence-corrected chi connectivity index (χ1v) is 39.8. The summed E-state index contributed by atoms with van der Waals surface area (Å²) in [6.07, 6.45) is 0. The molecular formula is C69H48Cl2N14O21S5. The van der Waals surface area contributed by atoms with Crippen LogP contribution in [0.15, 0.2) is 180 Å². The summed E-state index contributed by atoms with van der Waals surface area (Å²) in [5.74, 6) is -4.84. The number of ketones is 4. The lowest BCUT2D eigenvalue weighted by Gasteiger charge is -2.26. The first-order chi connectivity index (χ1) is 52.2. The first-order valence-electron chi connectivity index (χ1n) is 31.8. The molecule has 0 amide bonds. The second-order valence-electron chi connectivity index (χ2n) is 24.7. The van der Waals surface area contributed by atoms with Gasteiger partial charge in [-0.3, -0.25) is 51.5 Å². The molecule has 11 N–H and O–H groups in total. The van der Waals surface area contributed by atoms with Gasteiger partial charge in [0.25, 0.3) is 61.7 Å². The van der Waals surface area contributed by atoms with Crippen molar-refractivity contribution >= 4 is 177 Å². The molecule has 111 heavy (non-hydrogen) atoms. The number of nitrogens with one attached hydrogen (secondary N) is 6. The maximum absolute atomic E-state index is 14.8. The molecule has 8 aromatic carbocycles. The largest absolute Gasteiger partial charge is 0.355 e. The third-order valence-electron chi connectivity index (χ3n) is 17.9. The van der Waals surface area contributed by atoms with Crippen LogP contribution in [0, 0.1) is 6.92 Å². The van der Waals surface area contributed by atoms with Crippen molar-refractivity contribution in [2.75, 3.05) is 45.0 Å². The topological polar surface area (TPSA) is 534 Å². The van der Waals surface area contributed by atoms with Gasteiger partial charge in [-0.15, -0.1) is 0 Å². The summed E-state index contributed by atoms with van der Waals surface area (Å²) in [6, 6.07) is 29.6. The molecular weight excluding hydrogens is 1590 g/mol. The average molecular weight is 1640 g/mol. The van der Waals surface area contributed by atoms with Crippen LogP contribution in [0.25, 0.3) is 44.1 Å². The number of benzene rings is 8. The van der Waals surface area contributed by atoms with Crippen LogP contribution in [0.1, 0.15) is 69.2 Å². The molecule has 0 aliphatic heterocycles. The highest BCUT2D eigenvalue weighted by Gasteiger charge is 2.38. The minimum atomic E-state index is -5.51. The predicted octanol–water partition coefficient (Wildman–Crippen LogP) is 8.99. The summed E-state index contributed by atoms with van der Waals surface area (Å²) in [4.78, 5) is 108. The number of nitrogens with zero attached hydrogens (tertiary/aromatic N) is 8. The minimum Gasteiger partial charge on any atom is -0.355 e. The van der Waals surface area contributed by atoms with Gasteiger partial charge in [0.2, 0.25) is 34.4 Å². The lowest BCUT2D eigenvalue weighted by atomic mass is 9.80. The van der Waals surface area contributed by atoms with Crippen LogP contribution in [-0.2, 0) is 64.7 Å². The molecule has 0 atom stereocenters. The second-order valence-corrected chi connectivity index (χ2v) is 32.4. The number of aromatic nitrogens is 8. The third kappa shape index (κ3) is 14.0. The molecule has 0 radical (unpaired) electrons. The molecule has 4 aromatic heterocycles. The zero-order chi connectivity index (χ0) is 79.6. The fourth-order valence-electron chi connectivity index (χ4n) is 13.0. The molecule has 42 heteroatoms. The van der Waals surface area contributed by atoms with Gasteiger partial charge in [-0.25, -0.2) is 0 Å². The van der Waals surface area contributed by atoms with E-state index in [1.807, 2.05) is 0 Å². The predicted molar refractivity (Wildman–Crippen MR) is 402 cm³/mol. The van der Waals surface area contributed by atoms with Gasteiger partial charge in [0, 0.05) is 77.0 Å². The van der Waals surface area contributed by atoms with Crippen molar-refractivity contribution in [2.45, 2.75) is 31.4 Å². The number of halogens is 2. The van der Waals surface area contributed by atoms with E-state index in [2.05, 4.69) is 61.8 Å². The SMILES string of the molecule is Cc1cc(S(=O)(=O)O)c(Nc2nc(Cl)nc(NCCNc3nc(Cl)nc(Nc4cc(Nc5ccc6c7c5C(=O)c5ccccc5-c7c(C(=O)c5cccc(S(=O)(=O)O)c5)c(=O)n6C)c(S(=O)(=O)O)cc4S(=O)(=O)O)n3)n2)cc1Nc1ccc2c3c1C(=O)c1ccccc1-c3c(C(=O)c1cccc(S(=O)(=O)O)c1)c(=O)n2C. The van der Waals surface area contributed by atoms with E-state index in [1.54, 1.807) is 12.1 Å². The number of carbonyl (C=O) groups excluding carboxylic acids is 4. The van der Waals surface area contributed by atoms with E-state index in [9.17, 15) is 93.6 Å². The second kappa shape index (κ2) is 27.7. The lowest BCUT2D eigenvalue weighted by molar-refractivity contribution is 0.102. The number of rotatable bonds is 22. The summed E-state index contributed by atoms with van der Waals surface area (Å²) in [7, 11) is -23.1. The van der Waals surface area contributed by atoms with Crippen molar-refractivity contribution in [3.05, 3.63) is 227 Å². The van der Waals surface area contributed by atoms with Gasteiger partial charge in [0.1, 0.15) is 14.7 Å². The van der Waals surface area contributed by atoms with Crippen LogP contribution in [0.4, 0.5) is 57.9 Å². The molecule has 14 rings (SSSR count). The molecule has 0 fully saturated rings. The highest BCUT2D eigenvalue weighted by molar-refractivity contribution is 7.87. The number of hydrogen-bond acceptors (Lipinski definition) is 28. The van der Waals surface area contributed by atoms with Crippen molar-refractivity contribution in [3.8, 4) is 22.3 Å². The Morgan fingerprint density at radius 2 is 0.748 bits per heavy atom. The van der Waals surface area contributed by atoms with Gasteiger partial charge in [-0.05, 0) is 120 Å². The maximum Gasteiger partial charge on any atom is 0.296 e. The van der Waals surface area contributed by atoms with Gasteiger partial charge in [0.15, 0.2) is 23.1 Å². The van der Waals surface area contributed by atoms with Crippen LogP contribution in [0.3, 0.4) is 0 Å². The Bertz CT molecular complexity index is 6990. The van der Waals surface area contributed by atoms with Crippen LogP contribution < -0.4 is 43.0 Å². The standard InChI is InChI=1S/C69H48Cl2N14O21S5/c1-30-24-47(109(98,99)100)43(27-41(30)74-39-18-20-45-54-50(35-14-4-6-16-37(35)60(88)52(39)54)56(62(90)84(45)2)58(86)31-10-8-12-33(25-31)107(92,93)94)76-68-80-64(70)78-66(82-68)72-22-23-73-67-79-65(71)81-69(83-67)77-44-28-42(48(110(101,102)103)29-49(44)111(104,105)106)75-40-19-21-46-55-51(36-15-5-7-17-38(36)61(89)53(40)55)57(63(91)85(46)3)59(87)32-11-9-13-34(26-32)108(95,96)97/h4-21,24-29,74-75H,22-23H2,1-3H3,(H,92,93,94)(H,95,96,97)(H,98,99,100)(H,101,102,103)(H,104,105,106)(H2,72,76,78,80,82)(H2,73,77,79,81,83). The van der Waals surface area contributed by atoms with E-state index in [4.69, 9.17) is 23.2 Å². The van der Waals surface area contributed by atoms with E-state index in [0.29, 0.717) is 6.07 Å². The van der Waals surface area contributed by atoms with Crippen molar-refractivity contribution in [1.82, 2.24) is 39.0 Å². The number of pyridine rings is 2. The zero-order valence-corrected chi connectivity index (χ0v) is 62.0. The van der Waals surface area contributed by atoms with Crippen LogP contribution in [-0.4, -0.2) is 140 Å². The smallest absolute Gasteiger partial charge is 0.296 e. The monoisotopic (exact) mass is 1640 g/mol. The van der Waals surface area contributed by atoms with Crippen molar-refractivity contribution < 1.29 is 84.0 Å².